The number of thiazole rings is 1. The molecule has 0 saturated heterocycles. The maximum atomic E-state index is 11.0. The summed E-state index contributed by atoms with van der Waals surface area (Å²) in [5, 5.41) is 2.74. The number of aromatic nitrogens is 1. The molecule has 0 bridgehead atoms. The fourth-order valence-electron chi connectivity index (χ4n) is 0.857. The number of nitrogens with one attached hydrogen (secondary N) is 1. The predicted molar refractivity (Wildman–Crippen MR) is 52.1 cm³/mol. The van der Waals surface area contributed by atoms with Crippen molar-refractivity contribution in [2.45, 2.75) is 19.9 Å². The van der Waals surface area contributed by atoms with E-state index in [2.05, 4.69) is 22.1 Å². The van der Waals surface area contributed by atoms with Crippen LogP contribution in [-0.2, 0) is 4.79 Å². The molecule has 0 radical (unpaired) electrons. The van der Waals surface area contributed by atoms with Gasteiger partial charge in [0.15, 0.2) is 0 Å². The molecule has 1 atom stereocenters. The van der Waals surface area contributed by atoms with Crippen molar-refractivity contribution in [2.75, 3.05) is 0 Å². The topological polar surface area (TPSA) is 42.0 Å². The SMILES string of the molecule is CC#CC(=O)N[C@@H](C)c1cncs1. The molecule has 0 aliphatic carbocycles. The molecule has 0 unspecified atom stereocenters. The van der Waals surface area contributed by atoms with E-state index < -0.39 is 0 Å². The summed E-state index contributed by atoms with van der Waals surface area (Å²) < 4.78 is 0. The van der Waals surface area contributed by atoms with Gasteiger partial charge in [-0.2, -0.15) is 0 Å². The number of rotatable bonds is 2. The van der Waals surface area contributed by atoms with Crippen LogP contribution >= 0.6 is 11.3 Å². The van der Waals surface area contributed by atoms with Gasteiger partial charge in [0.2, 0.25) is 0 Å². The first-order chi connectivity index (χ1) is 6.24. The summed E-state index contributed by atoms with van der Waals surface area (Å²) in [5.41, 5.74) is 1.74. The second-order valence-corrected chi connectivity index (χ2v) is 3.39. The van der Waals surface area contributed by atoms with Gasteiger partial charge in [0, 0.05) is 11.1 Å². The van der Waals surface area contributed by atoms with Crippen LogP contribution in [0.15, 0.2) is 11.7 Å². The quantitative estimate of drug-likeness (QED) is 0.722. The predicted octanol–water partition coefficient (Wildman–Crippen LogP) is 1.34. The highest BCUT2D eigenvalue weighted by Gasteiger charge is 2.08. The molecule has 0 fully saturated rings. The van der Waals surface area contributed by atoms with Crippen molar-refractivity contribution < 1.29 is 4.79 Å². The van der Waals surface area contributed by atoms with E-state index in [-0.39, 0.29) is 11.9 Å². The van der Waals surface area contributed by atoms with Crippen molar-refractivity contribution >= 4 is 17.2 Å². The highest BCUT2D eigenvalue weighted by molar-refractivity contribution is 7.09. The molecule has 1 N–H and O–H groups in total. The number of carbonyl (C=O) groups is 1. The molecule has 1 amide bonds. The summed E-state index contributed by atoms with van der Waals surface area (Å²) in [4.78, 5) is 16.0. The Balaban J connectivity index is 2.54. The zero-order chi connectivity index (χ0) is 9.68. The zero-order valence-electron chi connectivity index (χ0n) is 7.50. The van der Waals surface area contributed by atoms with Gasteiger partial charge in [-0.05, 0) is 19.8 Å². The van der Waals surface area contributed by atoms with Gasteiger partial charge >= 0.3 is 0 Å². The number of carbonyl (C=O) groups excluding carboxylic acids is 1. The van der Waals surface area contributed by atoms with Crippen LogP contribution in [0.3, 0.4) is 0 Å². The fraction of sp³-hybridized carbons (Fsp3) is 0.333. The largest absolute Gasteiger partial charge is 0.338 e. The van der Waals surface area contributed by atoms with E-state index in [0.29, 0.717) is 0 Å². The van der Waals surface area contributed by atoms with Crippen molar-refractivity contribution in [3.05, 3.63) is 16.6 Å². The van der Waals surface area contributed by atoms with Gasteiger partial charge in [-0.1, -0.05) is 5.92 Å². The minimum Gasteiger partial charge on any atom is -0.338 e. The maximum Gasteiger partial charge on any atom is 0.296 e. The van der Waals surface area contributed by atoms with Crippen molar-refractivity contribution in [3.8, 4) is 11.8 Å². The van der Waals surface area contributed by atoms with Crippen molar-refractivity contribution in [3.63, 3.8) is 0 Å². The summed E-state index contributed by atoms with van der Waals surface area (Å²) in [7, 11) is 0. The molecule has 4 heteroatoms. The lowest BCUT2D eigenvalue weighted by atomic mass is 10.3. The van der Waals surface area contributed by atoms with E-state index in [4.69, 9.17) is 0 Å². The van der Waals surface area contributed by atoms with Crippen LogP contribution in [0.5, 0.6) is 0 Å². The molecule has 0 aliphatic rings. The van der Waals surface area contributed by atoms with Crippen molar-refractivity contribution in [2.24, 2.45) is 0 Å². The van der Waals surface area contributed by atoms with Crippen LogP contribution in [0.4, 0.5) is 0 Å². The first-order valence-corrected chi connectivity index (χ1v) is 4.73. The molecule has 1 aromatic heterocycles. The molecular weight excluding hydrogens is 184 g/mol. The lowest BCUT2D eigenvalue weighted by Crippen LogP contribution is -2.24. The Morgan fingerprint density at radius 2 is 2.54 bits per heavy atom. The molecule has 0 spiro atoms. The molecule has 0 aliphatic heterocycles. The van der Waals surface area contributed by atoms with Crippen LogP contribution < -0.4 is 5.32 Å². The van der Waals surface area contributed by atoms with E-state index >= 15 is 0 Å². The Kier molecular flexibility index (Phi) is 3.47. The minimum absolute atomic E-state index is 0.0131. The average molecular weight is 194 g/mol. The normalized spacial score (nSPS) is 11.2. The summed E-state index contributed by atoms with van der Waals surface area (Å²) >= 11 is 1.52. The standard InChI is InChI=1S/C9H10N2OS/c1-3-4-9(12)11-7(2)8-5-10-6-13-8/h5-7H,1-2H3,(H,11,12)/t7-/m0/s1. The van der Waals surface area contributed by atoms with Crippen LogP contribution in [0.25, 0.3) is 0 Å². The molecule has 68 valence electrons. The second kappa shape index (κ2) is 4.63. The Bertz CT molecular complexity index is 334. The van der Waals surface area contributed by atoms with E-state index in [1.807, 2.05) is 6.92 Å². The summed E-state index contributed by atoms with van der Waals surface area (Å²) in [6, 6.07) is -0.0131. The van der Waals surface area contributed by atoms with Gasteiger partial charge in [-0.3, -0.25) is 9.78 Å². The monoisotopic (exact) mass is 194 g/mol. The molecule has 13 heavy (non-hydrogen) atoms. The third-order valence-corrected chi connectivity index (χ3v) is 2.42. The van der Waals surface area contributed by atoms with Gasteiger partial charge in [-0.25, -0.2) is 0 Å². The Labute approximate surface area is 81.2 Å². The zero-order valence-corrected chi connectivity index (χ0v) is 8.31. The van der Waals surface area contributed by atoms with Gasteiger partial charge in [0.05, 0.1) is 11.6 Å². The number of hydrogen-bond acceptors (Lipinski definition) is 3. The van der Waals surface area contributed by atoms with Crippen LogP contribution in [-0.4, -0.2) is 10.9 Å². The van der Waals surface area contributed by atoms with E-state index in [9.17, 15) is 4.79 Å². The lowest BCUT2D eigenvalue weighted by Gasteiger charge is -2.07. The molecule has 3 nitrogen and oxygen atoms in total. The van der Waals surface area contributed by atoms with Crippen molar-refractivity contribution in [1.29, 1.82) is 0 Å². The number of amides is 1. The third kappa shape index (κ3) is 2.88. The third-order valence-electron chi connectivity index (χ3n) is 1.46. The maximum absolute atomic E-state index is 11.0. The van der Waals surface area contributed by atoms with Crippen LogP contribution in [0, 0.1) is 11.8 Å². The highest BCUT2D eigenvalue weighted by atomic mass is 32.1. The second-order valence-electron chi connectivity index (χ2n) is 2.47. The summed E-state index contributed by atoms with van der Waals surface area (Å²) in [6.07, 6.45) is 1.75. The Morgan fingerprint density at radius 1 is 1.77 bits per heavy atom. The molecule has 1 rings (SSSR count). The first kappa shape index (κ1) is 9.75. The van der Waals surface area contributed by atoms with Crippen molar-refractivity contribution in [1.82, 2.24) is 10.3 Å². The number of hydrogen-bond donors (Lipinski definition) is 1. The van der Waals surface area contributed by atoms with E-state index in [0.717, 1.165) is 4.88 Å². The molecule has 0 saturated carbocycles. The molecule has 0 aromatic carbocycles. The summed E-state index contributed by atoms with van der Waals surface area (Å²) in [5.74, 6) is 4.72. The van der Waals surface area contributed by atoms with Gasteiger partial charge < -0.3 is 5.32 Å². The van der Waals surface area contributed by atoms with Crippen LogP contribution in [0.1, 0.15) is 24.8 Å². The van der Waals surface area contributed by atoms with Gasteiger partial charge in [0.1, 0.15) is 0 Å². The first-order valence-electron chi connectivity index (χ1n) is 3.85. The van der Waals surface area contributed by atoms with E-state index in [1.165, 1.54) is 11.3 Å². The molecule has 1 aromatic rings. The number of nitrogens with zero attached hydrogens (tertiary/aromatic N) is 1. The lowest BCUT2D eigenvalue weighted by molar-refractivity contribution is -0.116. The summed E-state index contributed by atoms with van der Waals surface area (Å²) in [6.45, 7) is 3.54. The fourth-order valence-corrected chi connectivity index (χ4v) is 1.49. The molecular formula is C9H10N2OS. The minimum atomic E-state index is -0.247. The molecule has 1 heterocycles. The smallest absolute Gasteiger partial charge is 0.296 e. The Morgan fingerprint density at radius 3 is 3.08 bits per heavy atom. The van der Waals surface area contributed by atoms with Crippen LogP contribution in [0.2, 0.25) is 0 Å². The van der Waals surface area contributed by atoms with Gasteiger partial charge in [0.25, 0.3) is 5.91 Å². The Hall–Kier alpha value is -1.34. The van der Waals surface area contributed by atoms with E-state index in [1.54, 1.807) is 18.6 Å². The van der Waals surface area contributed by atoms with Gasteiger partial charge in [-0.15, -0.1) is 11.3 Å². The average Bonchev–Trinajstić information content (AvgIpc) is 2.55. The highest BCUT2D eigenvalue weighted by Crippen LogP contribution is 2.15.